The number of fused-ring (bicyclic) bond motifs is 1. The van der Waals surface area contributed by atoms with Crippen LogP contribution in [0.4, 0.5) is 0 Å². The Morgan fingerprint density at radius 2 is 2.33 bits per heavy atom. The fourth-order valence-corrected chi connectivity index (χ4v) is 2.18. The normalized spacial score (nSPS) is 10.9. The Bertz CT molecular complexity index is 666. The summed E-state index contributed by atoms with van der Waals surface area (Å²) in [5.74, 6) is 0. The van der Waals surface area contributed by atoms with E-state index in [4.69, 9.17) is 0 Å². The van der Waals surface area contributed by atoms with E-state index in [1.165, 1.54) is 10.9 Å². The van der Waals surface area contributed by atoms with Gasteiger partial charge in [0.25, 0.3) is 0 Å². The number of thiazole rings is 1. The summed E-state index contributed by atoms with van der Waals surface area (Å²) in [6.45, 7) is 0. The molecule has 0 spiro atoms. The van der Waals surface area contributed by atoms with Gasteiger partial charge in [-0.1, -0.05) is 6.07 Å². The molecule has 0 radical (unpaired) electrons. The minimum absolute atomic E-state index is 0.254. The second-order valence-electron chi connectivity index (χ2n) is 3.01. The van der Waals surface area contributed by atoms with Crippen molar-refractivity contribution in [2.75, 3.05) is 0 Å². The minimum atomic E-state index is -0.254. The molecule has 0 saturated carbocycles. The van der Waals surface area contributed by atoms with Crippen LogP contribution in [0.25, 0.3) is 15.9 Å². The molecule has 0 aliphatic rings. The van der Waals surface area contributed by atoms with Crippen molar-refractivity contribution < 1.29 is 0 Å². The number of rotatable bonds is 1. The molecule has 6 heteroatoms. The molecule has 5 nitrogen and oxygen atoms in total. The van der Waals surface area contributed by atoms with Crippen LogP contribution in [-0.2, 0) is 0 Å². The lowest BCUT2D eigenvalue weighted by molar-refractivity contribution is 0.987. The minimum Gasteiger partial charge on any atom is -0.248 e. The maximum absolute atomic E-state index is 11.4. The van der Waals surface area contributed by atoms with Gasteiger partial charge in [-0.25, -0.2) is 19.4 Å². The molecular weight excluding hydrogens is 212 g/mol. The van der Waals surface area contributed by atoms with E-state index in [2.05, 4.69) is 15.2 Å². The first-order chi connectivity index (χ1) is 7.36. The Morgan fingerprint density at radius 3 is 3.13 bits per heavy atom. The van der Waals surface area contributed by atoms with Crippen molar-refractivity contribution in [3.63, 3.8) is 0 Å². The van der Waals surface area contributed by atoms with Crippen LogP contribution >= 0.6 is 11.3 Å². The van der Waals surface area contributed by atoms with E-state index in [0.717, 1.165) is 15.9 Å². The second-order valence-corrected chi connectivity index (χ2v) is 3.89. The number of nitrogens with one attached hydrogen (secondary N) is 1. The number of hydrogen-bond donors (Lipinski definition) is 1. The number of para-hydroxylation sites is 1. The molecule has 15 heavy (non-hydrogen) atoms. The van der Waals surface area contributed by atoms with Gasteiger partial charge in [-0.3, -0.25) is 0 Å². The van der Waals surface area contributed by atoms with Gasteiger partial charge in [-0.2, -0.15) is 5.10 Å². The highest BCUT2D eigenvalue weighted by molar-refractivity contribution is 7.16. The van der Waals surface area contributed by atoms with E-state index >= 15 is 0 Å². The van der Waals surface area contributed by atoms with Crippen molar-refractivity contribution in [1.82, 2.24) is 19.7 Å². The van der Waals surface area contributed by atoms with Crippen molar-refractivity contribution in [3.05, 3.63) is 40.5 Å². The monoisotopic (exact) mass is 218 g/mol. The molecule has 0 aliphatic carbocycles. The van der Waals surface area contributed by atoms with E-state index in [1.54, 1.807) is 16.8 Å². The van der Waals surface area contributed by atoms with Crippen LogP contribution in [0.1, 0.15) is 0 Å². The topological polar surface area (TPSA) is 63.6 Å². The molecule has 2 aromatic heterocycles. The second kappa shape index (κ2) is 3.03. The van der Waals surface area contributed by atoms with Gasteiger partial charge in [-0.05, 0) is 12.1 Å². The Kier molecular flexibility index (Phi) is 1.69. The maximum Gasteiger partial charge on any atom is 0.347 e. The molecule has 1 N–H and O–H groups in total. The summed E-state index contributed by atoms with van der Waals surface area (Å²) >= 11 is 1.55. The molecule has 0 saturated heterocycles. The molecule has 0 bridgehead atoms. The van der Waals surface area contributed by atoms with E-state index < -0.39 is 0 Å². The van der Waals surface area contributed by atoms with Crippen molar-refractivity contribution in [3.8, 4) is 5.69 Å². The van der Waals surface area contributed by atoms with Crippen LogP contribution in [0.15, 0.2) is 34.8 Å². The van der Waals surface area contributed by atoms with Crippen LogP contribution in [0, 0.1) is 0 Å². The van der Waals surface area contributed by atoms with E-state index in [0.29, 0.717) is 0 Å². The smallest absolute Gasteiger partial charge is 0.248 e. The molecule has 2 heterocycles. The summed E-state index contributed by atoms with van der Waals surface area (Å²) in [4.78, 5) is 15.6. The Balaban J connectivity index is 2.41. The summed E-state index contributed by atoms with van der Waals surface area (Å²) in [6, 6.07) is 5.72. The molecule has 0 aliphatic heterocycles. The van der Waals surface area contributed by atoms with E-state index in [9.17, 15) is 4.79 Å². The van der Waals surface area contributed by atoms with E-state index in [-0.39, 0.29) is 5.69 Å². The molecule has 0 fully saturated rings. The van der Waals surface area contributed by atoms with Crippen molar-refractivity contribution in [1.29, 1.82) is 0 Å². The first-order valence-electron chi connectivity index (χ1n) is 4.31. The summed E-state index contributed by atoms with van der Waals surface area (Å²) in [5.41, 5.74) is 3.09. The molecule has 3 rings (SSSR count). The van der Waals surface area contributed by atoms with Crippen molar-refractivity contribution in [2.45, 2.75) is 0 Å². The zero-order valence-electron chi connectivity index (χ0n) is 7.54. The first-order valence-corrected chi connectivity index (χ1v) is 5.19. The molecule has 3 aromatic rings. The van der Waals surface area contributed by atoms with Gasteiger partial charge in [0.2, 0.25) is 0 Å². The fraction of sp³-hybridized carbons (Fsp3) is 0. The van der Waals surface area contributed by atoms with E-state index in [1.807, 2.05) is 18.2 Å². The summed E-state index contributed by atoms with van der Waals surface area (Å²) in [7, 11) is 0. The van der Waals surface area contributed by atoms with Crippen LogP contribution in [-0.4, -0.2) is 19.7 Å². The molecule has 0 unspecified atom stereocenters. The lowest BCUT2D eigenvalue weighted by Crippen LogP contribution is -2.14. The molecule has 0 amide bonds. The zero-order chi connectivity index (χ0) is 10.3. The average Bonchev–Trinajstić information content (AvgIpc) is 2.85. The Hall–Kier alpha value is -1.95. The van der Waals surface area contributed by atoms with Gasteiger partial charge < -0.3 is 0 Å². The standard InChI is InChI=1S/C9H6N4OS/c14-9-12-11-4-13(9)6-2-1-3-7-8(6)10-5-15-7/h1-5H,(H,12,14). The Morgan fingerprint density at radius 1 is 1.40 bits per heavy atom. The number of hydrogen-bond acceptors (Lipinski definition) is 4. The largest absolute Gasteiger partial charge is 0.347 e. The molecule has 0 atom stereocenters. The first kappa shape index (κ1) is 8.37. The highest BCUT2D eigenvalue weighted by Crippen LogP contribution is 2.22. The predicted molar refractivity (Wildman–Crippen MR) is 57.4 cm³/mol. The molecule has 74 valence electrons. The van der Waals surface area contributed by atoms with Gasteiger partial charge in [0.05, 0.1) is 15.9 Å². The molecular formula is C9H6N4OS. The Labute approximate surface area is 88.0 Å². The van der Waals surface area contributed by atoms with Crippen LogP contribution in [0.3, 0.4) is 0 Å². The number of aromatic nitrogens is 4. The molecule has 1 aromatic carbocycles. The van der Waals surface area contributed by atoms with Gasteiger partial charge >= 0.3 is 5.69 Å². The third-order valence-corrected chi connectivity index (χ3v) is 2.95. The zero-order valence-corrected chi connectivity index (χ0v) is 8.36. The summed E-state index contributed by atoms with van der Waals surface area (Å²) < 4.78 is 2.50. The number of H-pyrrole nitrogens is 1. The van der Waals surface area contributed by atoms with Crippen LogP contribution in [0.5, 0.6) is 0 Å². The van der Waals surface area contributed by atoms with Gasteiger partial charge in [0.15, 0.2) is 0 Å². The quantitative estimate of drug-likeness (QED) is 0.666. The van der Waals surface area contributed by atoms with Gasteiger partial charge in [0, 0.05) is 0 Å². The summed E-state index contributed by atoms with van der Waals surface area (Å²) in [5, 5.41) is 6.05. The number of aromatic amines is 1. The lowest BCUT2D eigenvalue weighted by atomic mass is 10.3. The third kappa shape index (κ3) is 1.18. The van der Waals surface area contributed by atoms with Crippen LogP contribution in [0.2, 0.25) is 0 Å². The highest BCUT2D eigenvalue weighted by Gasteiger charge is 2.07. The van der Waals surface area contributed by atoms with Gasteiger partial charge in [0.1, 0.15) is 11.8 Å². The fourth-order valence-electron chi connectivity index (χ4n) is 1.49. The maximum atomic E-state index is 11.4. The van der Waals surface area contributed by atoms with Crippen molar-refractivity contribution >= 4 is 21.6 Å². The number of benzene rings is 1. The number of nitrogens with zero attached hydrogens (tertiary/aromatic N) is 3. The summed E-state index contributed by atoms with van der Waals surface area (Å²) in [6.07, 6.45) is 1.45. The van der Waals surface area contributed by atoms with Gasteiger partial charge in [-0.15, -0.1) is 11.3 Å². The van der Waals surface area contributed by atoms with Crippen LogP contribution < -0.4 is 5.69 Å². The lowest BCUT2D eigenvalue weighted by Gasteiger charge is -1.99. The third-order valence-electron chi connectivity index (χ3n) is 2.15. The highest BCUT2D eigenvalue weighted by atomic mass is 32.1. The SMILES string of the molecule is O=c1[nH]ncn1-c1cccc2scnc12. The predicted octanol–water partition coefficient (Wildman–Crippen LogP) is 1.17. The average molecular weight is 218 g/mol. The van der Waals surface area contributed by atoms with Crippen molar-refractivity contribution in [2.24, 2.45) is 0 Å².